The van der Waals surface area contributed by atoms with Crippen LogP contribution in [-0.4, -0.2) is 143 Å². The maximum atomic E-state index is 13.7. The van der Waals surface area contributed by atoms with Crippen molar-refractivity contribution >= 4 is 158 Å². The number of rotatable bonds is 14. The summed E-state index contributed by atoms with van der Waals surface area (Å²) in [7, 11) is -2.49. The van der Waals surface area contributed by atoms with E-state index in [0.717, 1.165) is 0 Å². The predicted octanol–water partition coefficient (Wildman–Crippen LogP) is 14.2. The molecule has 5 aromatic heterocycles. The minimum absolute atomic E-state index is 0.00426. The number of fused-ring (bicyclic) bond motifs is 3. The molecule has 0 atom stereocenters. The van der Waals surface area contributed by atoms with Gasteiger partial charge in [0.05, 0.1) is 69.9 Å². The number of sulfone groups is 1. The van der Waals surface area contributed by atoms with E-state index in [1.807, 2.05) is 52.1 Å². The Balaban J connectivity index is 0.000000144. The van der Waals surface area contributed by atoms with Crippen LogP contribution >= 0.6 is 69.1 Å². The second-order valence-electron chi connectivity index (χ2n) is 25.6. The smallest absolute Gasteiger partial charge is 0.357 e. The van der Waals surface area contributed by atoms with Crippen LogP contribution in [-0.2, 0) is 30.0 Å². The van der Waals surface area contributed by atoms with Gasteiger partial charge in [0.1, 0.15) is 23.0 Å². The van der Waals surface area contributed by atoms with E-state index in [9.17, 15) is 66.2 Å². The molecule has 3 aliphatic rings. The molecular formula is C77H63Cl4F2N11O12S3. The number of hydrogen-bond acceptors (Lipinski definition) is 17. The topological polar surface area (TPSA) is 257 Å². The fourth-order valence-corrected chi connectivity index (χ4v) is 17.3. The molecule has 12 aromatic rings. The lowest BCUT2D eigenvalue weighted by Gasteiger charge is -2.37. The summed E-state index contributed by atoms with van der Waals surface area (Å²) in [5.74, 6) is -1.20. The van der Waals surface area contributed by atoms with E-state index in [1.165, 1.54) is 103 Å². The van der Waals surface area contributed by atoms with E-state index < -0.39 is 59.4 Å². The van der Waals surface area contributed by atoms with Gasteiger partial charge in [0, 0.05) is 117 Å². The fraction of sp³-hybridized carbons (Fsp3) is 0.195. The third-order valence-corrected chi connectivity index (χ3v) is 23.8. The van der Waals surface area contributed by atoms with E-state index in [1.54, 1.807) is 110 Å². The predicted molar refractivity (Wildman–Crippen MR) is 421 cm³/mol. The van der Waals surface area contributed by atoms with Gasteiger partial charge in [-0.25, -0.2) is 17.2 Å². The molecule has 3 fully saturated rings. The Bertz CT molecular complexity index is 5840. The summed E-state index contributed by atoms with van der Waals surface area (Å²) in [5.41, 5.74) is 0.701. The summed E-state index contributed by atoms with van der Waals surface area (Å²) in [4.78, 5) is 114. The molecule has 7 aromatic carbocycles. The Morgan fingerprint density at radius 1 is 0.450 bits per heavy atom. The largest absolute Gasteiger partial charge is 0.366 e. The molecule has 0 spiro atoms. The first kappa shape index (κ1) is 76.3. The Hall–Kier alpha value is -10.9. The first-order valence-electron chi connectivity index (χ1n) is 33.9. The Morgan fingerprint density at radius 2 is 0.872 bits per heavy atom. The van der Waals surface area contributed by atoms with Gasteiger partial charge in [0.2, 0.25) is 9.84 Å². The number of benzene rings is 7. The average molecular weight is 1610 g/mol. The molecule has 8 heterocycles. The number of aromatic nitrogens is 3. The van der Waals surface area contributed by atoms with Crippen molar-refractivity contribution in [3.05, 3.63) is 302 Å². The van der Waals surface area contributed by atoms with E-state index in [-0.39, 0.29) is 83.2 Å². The van der Waals surface area contributed by atoms with E-state index >= 15 is 0 Å². The molecule has 109 heavy (non-hydrogen) atoms. The Kier molecular flexibility index (Phi) is 22.8. The van der Waals surface area contributed by atoms with Crippen LogP contribution in [0.1, 0.15) is 40.8 Å². The Labute approximate surface area is 648 Å². The van der Waals surface area contributed by atoms with Crippen LogP contribution in [0.3, 0.4) is 0 Å². The standard InChI is InChI=1S/C27H20Cl3FN4O4.C25H20ClFN4O4S.C25H23N3O4S2/c28-18-4-8-23-20(14-18)24(25(35(38)39)27(37)34(23)15-16-1-5-19(31)6-2-16)32-9-11-33(12-10-32)26(36)17-3-7-21(29)22(30)13-17;26-17-5-8-20-19(14-17)22(28-9-11-29(12-10-28)24(32)21-2-1-13-36-21)23(31(34)35)25(33)30(20)15-16-3-6-18(27)7-4-16;1-26-20-11-6-5-10-19(20)22(23(25(26)30)34(31,32)18-8-3-2-4-9-18)27-13-15-28(16-14-27)24(29)21-12-7-17-33-21/h1-8,13-14H,9-12,15H2;1-8,13-14H,9-12,15H2;2-12,17H,13-16H2,1H3. The van der Waals surface area contributed by atoms with Crippen LogP contribution in [0.15, 0.2) is 217 Å². The monoisotopic (exact) mass is 1610 g/mol. The number of carbonyl (C=O) groups excluding carboxylic acids is 3. The molecule has 0 bridgehead atoms. The highest BCUT2D eigenvalue weighted by molar-refractivity contribution is 7.91. The number of piperazine rings is 3. The number of halogens is 6. The zero-order chi connectivity index (χ0) is 77.1. The number of carbonyl (C=O) groups is 3. The van der Waals surface area contributed by atoms with E-state index in [4.69, 9.17) is 46.4 Å². The quantitative estimate of drug-likeness (QED) is 0.0724. The van der Waals surface area contributed by atoms with E-state index in [0.29, 0.717) is 132 Å². The first-order chi connectivity index (χ1) is 52.4. The van der Waals surface area contributed by atoms with Crippen molar-refractivity contribution < 1.29 is 41.4 Å². The summed E-state index contributed by atoms with van der Waals surface area (Å²) in [6.07, 6.45) is 0. The van der Waals surface area contributed by atoms with Gasteiger partial charge < -0.3 is 34.0 Å². The molecule has 0 radical (unpaired) electrons. The number of amides is 3. The first-order valence-corrected chi connectivity index (χ1v) is 38.7. The third kappa shape index (κ3) is 15.9. The molecule has 0 aliphatic carbocycles. The van der Waals surface area contributed by atoms with Gasteiger partial charge in [-0.05, 0) is 131 Å². The zero-order valence-electron chi connectivity index (χ0n) is 57.7. The van der Waals surface area contributed by atoms with Crippen molar-refractivity contribution in [2.24, 2.45) is 7.05 Å². The minimum Gasteiger partial charge on any atom is -0.366 e. The van der Waals surface area contributed by atoms with Crippen molar-refractivity contribution in [1.29, 1.82) is 0 Å². The molecule has 0 saturated carbocycles. The molecule has 32 heteroatoms. The molecule has 23 nitrogen and oxygen atoms in total. The normalized spacial score (nSPS) is 14.0. The summed E-state index contributed by atoms with van der Waals surface area (Å²) >= 11 is 27.4. The lowest BCUT2D eigenvalue weighted by atomic mass is 10.1. The minimum atomic E-state index is -4.08. The zero-order valence-corrected chi connectivity index (χ0v) is 63.2. The van der Waals surface area contributed by atoms with Crippen LogP contribution in [0.2, 0.25) is 20.1 Å². The van der Waals surface area contributed by atoms with Crippen LogP contribution in [0.25, 0.3) is 32.7 Å². The maximum Gasteiger partial charge on any atom is 0.357 e. The average Bonchev–Trinajstić information content (AvgIpc) is 1.77. The van der Waals surface area contributed by atoms with Gasteiger partial charge in [0.25, 0.3) is 23.3 Å². The second-order valence-corrected chi connectivity index (χ2v) is 31.0. The third-order valence-electron chi connectivity index (χ3n) is 19.1. The number of anilines is 3. The number of hydrogen-bond donors (Lipinski definition) is 0. The van der Waals surface area contributed by atoms with Crippen molar-refractivity contribution in [2.45, 2.75) is 22.9 Å². The van der Waals surface area contributed by atoms with Gasteiger partial charge in [-0.15, -0.1) is 22.7 Å². The molecule has 3 aliphatic heterocycles. The number of aryl methyl sites for hydroxylation is 1. The maximum absolute atomic E-state index is 13.7. The molecular weight excluding hydrogens is 1550 g/mol. The van der Waals surface area contributed by atoms with Crippen molar-refractivity contribution in [3.8, 4) is 0 Å². The molecule has 558 valence electrons. The highest BCUT2D eigenvalue weighted by Gasteiger charge is 2.37. The SMILES string of the molecule is Cn1c(=O)c(S(=O)(=O)c2ccccc2)c(N2CCN(C(=O)c3cccs3)CC2)c2ccccc21.O=C(c1ccc(Cl)c(Cl)c1)N1CCN(c2c([N+](=O)[O-])c(=O)n(Cc3ccc(F)cc3)c3ccc(Cl)cc23)CC1.O=C(c1cccs1)N1CCN(c2c([N+](=O)[O-])c(=O)n(Cc3ccc(F)cc3)c3ccc(Cl)cc23)CC1. The summed E-state index contributed by atoms with van der Waals surface area (Å²) in [6.45, 7) is 4.12. The highest BCUT2D eigenvalue weighted by atomic mass is 35.5. The lowest BCUT2D eigenvalue weighted by molar-refractivity contribution is -0.385. The van der Waals surface area contributed by atoms with Crippen molar-refractivity contribution in [3.63, 3.8) is 0 Å². The van der Waals surface area contributed by atoms with Gasteiger partial charge >= 0.3 is 22.5 Å². The van der Waals surface area contributed by atoms with Crippen molar-refractivity contribution in [2.75, 3.05) is 93.2 Å². The van der Waals surface area contributed by atoms with Crippen LogP contribution in [0.5, 0.6) is 0 Å². The van der Waals surface area contributed by atoms with Gasteiger partial charge in [-0.1, -0.05) is 119 Å². The van der Waals surface area contributed by atoms with Gasteiger partial charge in [0.15, 0.2) is 4.90 Å². The van der Waals surface area contributed by atoms with Crippen molar-refractivity contribution in [1.82, 2.24) is 28.4 Å². The Morgan fingerprint density at radius 3 is 1.29 bits per heavy atom. The van der Waals surface area contributed by atoms with Crippen LogP contribution in [0.4, 0.5) is 37.2 Å². The van der Waals surface area contributed by atoms with Crippen LogP contribution < -0.4 is 31.4 Å². The number of para-hydroxylation sites is 1. The fourth-order valence-electron chi connectivity index (χ4n) is 13.7. The molecule has 3 amide bonds. The number of nitrogens with zero attached hydrogens (tertiary/aromatic N) is 11. The molecule has 3 saturated heterocycles. The molecule has 0 unspecified atom stereocenters. The second kappa shape index (κ2) is 32.5. The summed E-state index contributed by atoms with van der Waals surface area (Å²) in [5, 5.41) is 31.1. The van der Waals surface area contributed by atoms with Gasteiger partial charge in [-0.3, -0.25) is 58.1 Å². The summed E-state index contributed by atoms with van der Waals surface area (Å²) < 4.78 is 58.3. The summed E-state index contributed by atoms with van der Waals surface area (Å²) in [6, 6.07) is 48.2. The molecule has 15 rings (SSSR count). The molecule has 0 N–H and O–H groups in total. The van der Waals surface area contributed by atoms with Crippen LogP contribution in [0, 0.1) is 31.9 Å². The number of pyridine rings is 3. The van der Waals surface area contributed by atoms with Gasteiger partial charge in [-0.2, -0.15) is 0 Å². The lowest BCUT2D eigenvalue weighted by Crippen LogP contribution is -2.49. The van der Waals surface area contributed by atoms with E-state index in [2.05, 4.69) is 0 Å². The highest BCUT2D eigenvalue weighted by Crippen LogP contribution is 2.40. The number of thiophene rings is 2. The number of nitro groups is 2.